The van der Waals surface area contributed by atoms with Crippen molar-refractivity contribution in [2.75, 3.05) is 62.2 Å². The van der Waals surface area contributed by atoms with Crippen LogP contribution < -0.4 is 9.80 Å². The minimum Gasteiger partial charge on any atom is -0.475 e. The van der Waals surface area contributed by atoms with E-state index in [0.717, 1.165) is 42.1 Å². The monoisotopic (exact) mass is 659 g/mol. The average molecular weight is 660 g/mol. The van der Waals surface area contributed by atoms with Crippen LogP contribution in [0.3, 0.4) is 0 Å². The van der Waals surface area contributed by atoms with Crippen LogP contribution in [0.5, 0.6) is 0 Å². The van der Waals surface area contributed by atoms with Gasteiger partial charge in [-0.15, -0.1) is 0 Å². The van der Waals surface area contributed by atoms with Gasteiger partial charge in [0.25, 0.3) is 5.91 Å². The molecule has 2 aromatic carbocycles. The number of halogens is 7. The molecule has 0 atom stereocenters. The van der Waals surface area contributed by atoms with Gasteiger partial charge in [-0.25, -0.2) is 4.79 Å². The highest BCUT2D eigenvalue weighted by atomic mass is 35.5. The molecule has 15 heteroatoms. The number of carbonyl (C=O) groups is 2. The highest BCUT2D eigenvalue weighted by Gasteiger charge is 2.38. The van der Waals surface area contributed by atoms with Crippen LogP contribution in [0, 0.1) is 0 Å². The van der Waals surface area contributed by atoms with Crippen LogP contribution in [0.2, 0.25) is 5.02 Å². The van der Waals surface area contributed by atoms with Gasteiger partial charge in [0, 0.05) is 70.8 Å². The summed E-state index contributed by atoms with van der Waals surface area (Å²) in [6.45, 7) is 4.54. The van der Waals surface area contributed by atoms with Crippen LogP contribution in [0.4, 0.5) is 37.7 Å². The standard InChI is InChI=1S/C28H31ClF3N5O.C2HF3O2/c29-24-8-4-5-9-25(24)35-12-10-33(11-13-35)19-22-18-26(37(20-22)21-28(30,31)32)27(38)36-16-14-34(15-17-36)23-6-2-1-3-7-23;3-2(4,5)1(6)7/h1-9,18,20H,10-17,19,21H2;(H,6,7). The molecule has 244 valence electrons. The van der Waals surface area contributed by atoms with Gasteiger partial charge < -0.3 is 24.4 Å². The molecule has 8 nitrogen and oxygen atoms in total. The Balaban J connectivity index is 0.000000591. The third kappa shape index (κ3) is 9.54. The van der Waals surface area contributed by atoms with Gasteiger partial charge in [0.1, 0.15) is 12.2 Å². The lowest BCUT2D eigenvalue weighted by Gasteiger charge is -2.36. The van der Waals surface area contributed by atoms with Crippen molar-refractivity contribution in [1.82, 2.24) is 14.4 Å². The number of para-hydroxylation sites is 2. The van der Waals surface area contributed by atoms with Crippen molar-refractivity contribution in [3.8, 4) is 0 Å². The number of hydrogen-bond donors (Lipinski definition) is 1. The maximum atomic E-state index is 13.4. The summed E-state index contributed by atoms with van der Waals surface area (Å²) < 4.78 is 73.0. The van der Waals surface area contributed by atoms with Crippen molar-refractivity contribution >= 4 is 34.9 Å². The van der Waals surface area contributed by atoms with Gasteiger partial charge >= 0.3 is 18.3 Å². The summed E-state index contributed by atoms with van der Waals surface area (Å²) in [5.74, 6) is -3.11. The molecule has 0 aliphatic carbocycles. The van der Waals surface area contributed by atoms with Crippen LogP contribution in [0.15, 0.2) is 66.9 Å². The van der Waals surface area contributed by atoms with E-state index in [1.807, 2.05) is 54.6 Å². The molecule has 2 aliphatic rings. The number of benzene rings is 2. The summed E-state index contributed by atoms with van der Waals surface area (Å²) in [5.41, 5.74) is 2.88. The Morgan fingerprint density at radius 2 is 1.33 bits per heavy atom. The number of rotatable bonds is 6. The summed E-state index contributed by atoms with van der Waals surface area (Å²) in [6.07, 6.45) is -8.01. The molecule has 3 aromatic rings. The van der Waals surface area contributed by atoms with Crippen molar-refractivity contribution in [3.05, 3.63) is 83.1 Å². The number of amides is 1. The van der Waals surface area contributed by atoms with Crippen molar-refractivity contribution in [3.63, 3.8) is 0 Å². The van der Waals surface area contributed by atoms with Crippen LogP contribution >= 0.6 is 11.6 Å². The topological polar surface area (TPSA) is 72.3 Å². The largest absolute Gasteiger partial charge is 0.490 e. The Morgan fingerprint density at radius 3 is 1.89 bits per heavy atom. The van der Waals surface area contributed by atoms with E-state index in [9.17, 15) is 31.1 Å². The van der Waals surface area contributed by atoms with Gasteiger partial charge in [-0.1, -0.05) is 41.9 Å². The Labute approximate surface area is 261 Å². The molecule has 0 unspecified atom stereocenters. The predicted molar refractivity (Wildman–Crippen MR) is 158 cm³/mol. The lowest BCUT2D eigenvalue weighted by molar-refractivity contribution is -0.192. The lowest BCUT2D eigenvalue weighted by atomic mass is 10.2. The van der Waals surface area contributed by atoms with Crippen molar-refractivity contribution in [2.24, 2.45) is 0 Å². The first kappa shape index (κ1) is 34.0. The van der Waals surface area contributed by atoms with Gasteiger partial charge in [-0.2, -0.15) is 26.3 Å². The second kappa shape index (κ2) is 14.5. The summed E-state index contributed by atoms with van der Waals surface area (Å²) >= 11 is 6.34. The number of nitrogens with zero attached hydrogens (tertiary/aromatic N) is 5. The number of carboxylic acids is 1. The number of aromatic nitrogens is 1. The second-order valence-electron chi connectivity index (χ2n) is 10.6. The molecule has 5 rings (SSSR count). The quantitative estimate of drug-likeness (QED) is 0.347. The number of carboxylic acid groups (broad SMARTS) is 1. The van der Waals surface area contributed by atoms with E-state index >= 15 is 0 Å². The fourth-order valence-corrected chi connectivity index (χ4v) is 5.50. The molecule has 45 heavy (non-hydrogen) atoms. The third-order valence-electron chi connectivity index (χ3n) is 7.42. The van der Waals surface area contributed by atoms with Gasteiger partial charge in [-0.3, -0.25) is 9.69 Å². The van der Waals surface area contributed by atoms with E-state index in [2.05, 4.69) is 14.7 Å². The van der Waals surface area contributed by atoms with E-state index < -0.39 is 24.9 Å². The summed E-state index contributed by atoms with van der Waals surface area (Å²) in [6, 6.07) is 19.3. The molecule has 0 radical (unpaired) electrons. The number of aliphatic carboxylic acids is 1. The van der Waals surface area contributed by atoms with Crippen molar-refractivity contribution < 1.29 is 41.0 Å². The fraction of sp³-hybridized carbons (Fsp3) is 0.400. The summed E-state index contributed by atoms with van der Waals surface area (Å²) in [7, 11) is 0. The molecule has 1 aromatic heterocycles. The SMILES string of the molecule is O=C(O)C(F)(F)F.O=C(c1cc(CN2CCN(c3ccccc3Cl)CC2)cn1CC(F)(F)F)N1CCN(c2ccccc2)CC1. The van der Waals surface area contributed by atoms with E-state index in [4.69, 9.17) is 21.5 Å². The smallest absolute Gasteiger partial charge is 0.475 e. The average Bonchev–Trinajstić information content (AvgIpc) is 3.38. The number of carbonyl (C=O) groups excluding carboxylic acids is 1. The van der Waals surface area contributed by atoms with E-state index in [0.29, 0.717) is 43.3 Å². The Hall–Kier alpha value is -3.91. The van der Waals surface area contributed by atoms with E-state index in [-0.39, 0.29) is 11.6 Å². The van der Waals surface area contributed by atoms with Gasteiger partial charge in [0.2, 0.25) is 0 Å². The Morgan fingerprint density at radius 1 is 0.778 bits per heavy atom. The first-order valence-electron chi connectivity index (χ1n) is 14.1. The molecule has 1 N–H and O–H groups in total. The fourth-order valence-electron chi connectivity index (χ4n) is 5.24. The summed E-state index contributed by atoms with van der Waals surface area (Å²) in [5, 5.41) is 7.83. The molecule has 0 bridgehead atoms. The van der Waals surface area contributed by atoms with Gasteiger partial charge in [-0.05, 0) is 35.9 Å². The third-order valence-corrected chi connectivity index (χ3v) is 7.74. The minimum absolute atomic E-state index is 0.0974. The maximum absolute atomic E-state index is 13.4. The van der Waals surface area contributed by atoms with Crippen LogP contribution in [0.1, 0.15) is 16.1 Å². The molecule has 0 spiro atoms. The zero-order valence-electron chi connectivity index (χ0n) is 24.1. The highest BCUT2D eigenvalue weighted by Crippen LogP contribution is 2.27. The highest BCUT2D eigenvalue weighted by molar-refractivity contribution is 6.33. The molecule has 2 saturated heterocycles. The van der Waals surface area contributed by atoms with Crippen LogP contribution in [0.25, 0.3) is 0 Å². The molecule has 0 saturated carbocycles. The lowest BCUT2D eigenvalue weighted by Crippen LogP contribution is -2.49. The molecular weight excluding hydrogens is 628 g/mol. The molecular formula is C30H32ClF6N5O3. The number of alkyl halides is 6. The van der Waals surface area contributed by atoms with Crippen molar-refractivity contribution in [2.45, 2.75) is 25.4 Å². The zero-order chi connectivity index (χ0) is 32.8. The molecule has 2 fully saturated rings. The van der Waals surface area contributed by atoms with Crippen LogP contribution in [-0.2, 0) is 17.9 Å². The maximum Gasteiger partial charge on any atom is 0.490 e. The minimum atomic E-state index is -5.08. The molecule has 3 heterocycles. The van der Waals surface area contributed by atoms with E-state index in [1.54, 1.807) is 11.0 Å². The number of piperazine rings is 2. The molecule has 1 amide bonds. The second-order valence-corrected chi connectivity index (χ2v) is 11.0. The van der Waals surface area contributed by atoms with E-state index in [1.165, 1.54) is 6.20 Å². The first-order valence-corrected chi connectivity index (χ1v) is 14.5. The van der Waals surface area contributed by atoms with Crippen molar-refractivity contribution in [1.29, 1.82) is 0 Å². The predicted octanol–water partition coefficient (Wildman–Crippen LogP) is 5.62. The Kier molecular flexibility index (Phi) is 10.9. The van der Waals surface area contributed by atoms with Gasteiger partial charge in [0.15, 0.2) is 0 Å². The number of hydrogen-bond acceptors (Lipinski definition) is 5. The zero-order valence-corrected chi connectivity index (χ0v) is 24.8. The van der Waals surface area contributed by atoms with Gasteiger partial charge in [0.05, 0.1) is 10.7 Å². The first-order chi connectivity index (χ1) is 21.2. The Bertz CT molecular complexity index is 1430. The summed E-state index contributed by atoms with van der Waals surface area (Å²) in [4.78, 5) is 30.5. The number of anilines is 2. The van der Waals surface area contributed by atoms with Crippen LogP contribution in [-0.4, -0.2) is 96.1 Å². The normalized spacial score (nSPS) is 16.3. The molecule has 2 aliphatic heterocycles.